The van der Waals surface area contributed by atoms with Crippen molar-refractivity contribution < 1.29 is 19.4 Å². The van der Waals surface area contributed by atoms with Gasteiger partial charge in [-0.05, 0) is 70.6 Å². The van der Waals surface area contributed by atoms with E-state index in [0.717, 1.165) is 53.4 Å². The highest BCUT2D eigenvalue weighted by atomic mass is 32.1. The number of benzene rings is 1. The Kier molecular flexibility index (Phi) is 6.85. The first kappa shape index (κ1) is 24.2. The highest BCUT2D eigenvalue weighted by molar-refractivity contribution is 7.22. The van der Waals surface area contributed by atoms with Crippen LogP contribution in [0, 0.1) is 5.92 Å². The molecular formula is C26H32N4O4S. The number of nitrogens with zero attached hydrogens (tertiary/aromatic N) is 3. The van der Waals surface area contributed by atoms with Crippen LogP contribution in [0.2, 0.25) is 0 Å². The Hall–Kier alpha value is -2.46. The fraction of sp³-hybridized carbons (Fsp3) is 0.538. The van der Waals surface area contributed by atoms with E-state index in [4.69, 9.17) is 9.47 Å². The van der Waals surface area contributed by atoms with Gasteiger partial charge in [-0.15, -0.1) is 0 Å². The van der Waals surface area contributed by atoms with Crippen LogP contribution in [0.1, 0.15) is 58.7 Å². The second kappa shape index (κ2) is 9.89. The Labute approximate surface area is 209 Å². The van der Waals surface area contributed by atoms with E-state index in [1.54, 1.807) is 12.4 Å². The molecule has 0 unspecified atom stereocenters. The number of carbonyl (C=O) groups excluding carboxylic acids is 1. The minimum absolute atomic E-state index is 0.00868. The number of aromatic nitrogens is 3. The van der Waals surface area contributed by atoms with Crippen molar-refractivity contribution in [2.75, 3.05) is 5.32 Å². The highest BCUT2D eigenvalue weighted by Crippen LogP contribution is 2.35. The summed E-state index contributed by atoms with van der Waals surface area (Å²) in [5.74, 6) is 0.582. The van der Waals surface area contributed by atoms with Crippen molar-refractivity contribution in [3.63, 3.8) is 0 Å². The highest BCUT2D eigenvalue weighted by Gasteiger charge is 2.37. The summed E-state index contributed by atoms with van der Waals surface area (Å²) in [4.78, 5) is 26.1. The van der Waals surface area contributed by atoms with Gasteiger partial charge < -0.3 is 19.9 Å². The van der Waals surface area contributed by atoms with Crippen molar-refractivity contribution >= 4 is 32.6 Å². The molecule has 8 nitrogen and oxygen atoms in total. The monoisotopic (exact) mass is 496 g/mol. The van der Waals surface area contributed by atoms with Crippen LogP contribution in [0.4, 0.5) is 5.13 Å². The molecule has 3 aromatic rings. The SMILES string of the molecule is CC(C)(C)OC1CC(C(=O)Nc2nc3ccc(-c4cnc(CO[C@H]5CCC[C@@H]5O)nc4)cc3s2)C1. The van der Waals surface area contributed by atoms with Crippen molar-refractivity contribution in [2.24, 2.45) is 5.92 Å². The predicted molar refractivity (Wildman–Crippen MR) is 135 cm³/mol. The number of aliphatic hydroxyl groups excluding tert-OH is 1. The molecule has 2 fully saturated rings. The van der Waals surface area contributed by atoms with Gasteiger partial charge in [-0.1, -0.05) is 17.4 Å². The third-order valence-corrected chi connectivity index (χ3v) is 7.42. The molecule has 35 heavy (non-hydrogen) atoms. The molecule has 0 aliphatic heterocycles. The fourth-order valence-corrected chi connectivity index (χ4v) is 5.51. The van der Waals surface area contributed by atoms with Crippen LogP contribution < -0.4 is 5.32 Å². The largest absolute Gasteiger partial charge is 0.390 e. The number of carbonyl (C=O) groups is 1. The Morgan fingerprint density at radius 3 is 2.63 bits per heavy atom. The second-order valence-electron chi connectivity index (χ2n) is 10.4. The smallest absolute Gasteiger partial charge is 0.229 e. The number of hydrogen-bond acceptors (Lipinski definition) is 8. The lowest BCUT2D eigenvalue weighted by molar-refractivity contribution is -0.140. The van der Waals surface area contributed by atoms with Gasteiger partial charge in [0.1, 0.15) is 6.61 Å². The molecule has 1 amide bonds. The van der Waals surface area contributed by atoms with Crippen LogP contribution in [0.3, 0.4) is 0 Å². The Morgan fingerprint density at radius 2 is 1.94 bits per heavy atom. The minimum atomic E-state index is -0.386. The second-order valence-corrected chi connectivity index (χ2v) is 11.5. The zero-order valence-electron chi connectivity index (χ0n) is 20.4. The molecule has 0 spiro atoms. The molecule has 2 atom stereocenters. The van der Waals surface area contributed by atoms with E-state index < -0.39 is 0 Å². The number of hydrogen-bond donors (Lipinski definition) is 2. The maximum atomic E-state index is 12.6. The molecule has 186 valence electrons. The Morgan fingerprint density at radius 1 is 1.17 bits per heavy atom. The number of ether oxygens (including phenoxy) is 2. The summed E-state index contributed by atoms with van der Waals surface area (Å²) in [6, 6.07) is 5.98. The van der Waals surface area contributed by atoms with Crippen molar-refractivity contribution in [3.8, 4) is 11.1 Å². The molecule has 2 N–H and O–H groups in total. The molecule has 2 aliphatic carbocycles. The van der Waals surface area contributed by atoms with Gasteiger partial charge in [-0.2, -0.15) is 0 Å². The standard InChI is InChI=1S/C26H32N4O4S/c1-26(2,3)34-18-9-16(10-18)24(32)30-25-29-19-8-7-15(11-22(19)35-25)17-12-27-23(28-13-17)14-33-21-6-4-5-20(21)31/h7-8,11-13,16,18,20-21,31H,4-6,9-10,14H2,1-3H3,(H,29,30,32)/t16?,18?,20-,21-/m0/s1. The van der Waals surface area contributed by atoms with E-state index in [1.807, 2.05) is 39.0 Å². The summed E-state index contributed by atoms with van der Waals surface area (Å²) in [6.07, 6.45) is 7.38. The van der Waals surface area contributed by atoms with Gasteiger partial charge in [0.25, 0.3) is 0 Å². The number of thiazole rings is 1. The Balaban J connectivity index is 1.18. The summed E-state index contributed by atoms with van der Waals surface area (Å²) < 4.78 is 12.7. The molecule has 2 heterocycles. The van der Waals surface area contributed by atoms with Crippen molar-refractivity contribution in [1.82, 2.24) is 15.0 Å². The van der Waals surface area contributed by atoms with Crippen LogP contribution in [0.15, 0.2) is 30.6 Å². The average Bonchev–Trinajstić information content (AvgIpc) is 3.38. The summed E-state index contributed by atoms with van der Waals surface area (Å²) in [7, 11) is 0. The molecule has 2 aliphatic rings. The van der Waals surface area contributed by atoms with Crippen LogP contribution >= 0.6 is 11.3 Å². The maximum absolute atomic E-state index is 12.6. The third-order valence-electron chi connectivity index (χ3n) is 6.49. The molecule has 1 aromatic carbocycles. The number of anilines is 1. The first-order valence-corrected chi connectivity index (χ1v) is 13.1. The van der Waals surface area contributed by atoms with E-state index >= 15 is 0 Å². The van der Waals surface area contributed by atoms with E-state index in [1.165, 1.54) is 11.3 Å². The third kappa shape index (κ3) is 5.86. The van der Waals surface area contributed by atoms with Crippen LogP contribution in [0.5, 0.6) is 0 Å². The topological polar surface area (TPSA) is 106 Å². The predicted octanol–water partition coefficient (Wildman–Crippen LogP) is 4.72. The molecule has 2 saturated carbocycles. The van der Waals surface area contributed by atoms with Gasteiger partial charge >= 0.3 is 0 Å². The number of amides is 1. The summed E-state index contributed by atoms with van der Waals surface area (Å²) >= 11 is 1.46. The quantitative estimate of drug-likeness (QED) is 0.488. The zero-order chi connectivity index (χ0) is 24.6. The number of fused-ring (bicyclic) bond motifs is 1. The van der Waals surface area contributed by atoms with Gasteiger partial charge in [0, 0.05) is 23.9 Å². The van der Waals surface area contributed by atoms with Crippen molar-refractivity contribution in [1.29, 1.82) is 0 Å². The lowest BCUT2D eigenvalue weighted by Gasteiger charge is -2.38. The van der Waals surface area contributed by atoms with Gasteiger partial charge in [-0.3, -0.25) is 4.79 Å². The average molecular weight is 497 g/mol. The molecule has 0 bridgehead atoms. The molecule has 2 aromatic heterocycles. The van der Waals surface area contributed by atoms with Crippen LogP contribution in [0.25, 0.3) is 21.3 Å². The molecule has 5 rings (SSSR count). The fourth-order valence-electron chi connectivity index (χ4n) is 4.60. The van der Waals surface area contributed by atoms with Gasteiger partial charge in [0.15, 0.2) is 11.0 Å². The van der Waals surface area contributed by atoms with E-state index in [-0.39, 0.29) is 35.7 Å². The normalized spacial score (nSPS) is 24.5. The molecule has 9 heteroatoms. The summed E-state index contributed by atoms with van der Waals surface area (Å²) in [5.41, 5.74) is 2.54. The lowest BCUT2D eigenvalue weighted by Crippen LogP contribution is -2.42. The van der Waals surface area contributed by atoms with E-state index in [0.29, 0.717) is 17.6 Å². The first-order valence-electron chi connectivity index (χ1n) is 12.2. The lowest BCUT2D eigenvalue weighted by atomic mass is 9.81. The Bertz CT molecular complexity index is 1180. The maximum Gasteiger partial charge on any atom is 0.229 e. The van der Waals surface area contributed by atoms with Crippen LogP contribution in [-0.2, 0) is 20.9 Å². The number of aliphatic hydroxyl groups is 1. The number of rotatable bonds is 7. The van der Waals surface area contributed by atoms with Crippen LogP contribution in [-0.4, -0.2) is 49.9 Å². The summed E-state index contributed by atoms with van der Waals surface area (Å²) in [6.45, 7) is 6.40. The zero-order valence-corrected chi connectivity index (χ0v) is 21.2. The molecular weight excluding hydrogens is 464 g/mol. The molecule has 0 saturated heterocycles. The number of nitrogens with one attached hydrogen (secondary N) is 1. The first-order chi connectivity index (χ1) is 16.7. The van der Waals surface area contributed by atoms with Gasteiger partial charge in [0.05, 0.1) is 34.1 Å². The molecule has 0 radical (unpaired) electrons. The van der Waals surface area contributed by atoms with E-state index in [2.05, 4.69) is 20.3 Å². The summed E-state index contributed by atoms with van der Waals surface area (Å²) in [5, 5.41) is 13.5. The van der Waals surface area contributed by atoms with Gasteiger partial charge in [0.2, 0.25) is 5.91 Å². The minimum Gasteiger partial charge on any atom is -0.390 e. The van der Waals surface area contributed by atoms with Crippen molar-refractivity contribution in [2.45, 2.75) is 83.4 Å². The van der Waals surface area contributed by atoms with Gasteiger partial charge in [-0.25, -0.2) is 15.0 Å². The van der Waals surface area contributed by atoms with Crippen molar-refractivity contribution in [3.05, 3.63) is 36.4 Å². The van der Waals surface area contributed by atoms with E-state index in [9.17, 15) is 9.90 Å².